The van der Waals surface area contributed by atoms with Gasteiger partial charge in [0.05, 0.1) is 6.10 Å². The summed E-state index contributed by atoms with van der Waals surface area (Å²) >= 11 is 0. The Morgan fingerprint density at radius 3 is 2.45 bits per heavy atom. The molecule has 6 nitrogen and oxygen atoms in total. The summed E-state index contributed by atoms with van der Waals surface area (Å²) in [4.78, 5) is 11.6. The second-order valence-electron chi connectivity index (χ2n) is 6.31. The molecule has 1 aliphatic carbocycles. The number of aliphatic hydroxyl groups is 1. The Kier molecular flexibility index (Phi) is 2.82. The molecule has 2 bridgehead atoms. The zero-order valence-corrected chi connectivity index (χ0v) is 11.5. The van der Waals surface area contributed by atoms with Crippen LogP contribution in [0.1, 0.15) is 50.3 Å². The molecule has 2 saturated heterocycles. The molecule has 1 saturated carbocycles. The second kappa shape index (κ2) is 4.56. The first kappa shape index (κ1) is 12.3. The molecular weight excluding hydrogens is 254 g/mol. The fraction of sp³-hybridized carbons (Fsp3) is 0.714. The van der Waals surface area contributed by atoms with Gasteiger partial charge in [-0.05, 0) is 38.5 Å². The highest BCUT2D eigenvalue weighted by atomic mass is 16.3. The number of nitrogen functional groups attached to an aromatic ring is 1. The van der Waals surface area contributed by atoms with E-state index in [9.17, 15) is 5.11 Å². The van der Waals surface area contributed by atoms with Gasteiger partial charge < -0.3 is 15.4 Å². The topological polar surface area (TPSA) is 87.3 Å². The molecule has 0 amide bonds. The molecule has 4 rings (SSSR count). The van der Waals surface area contributed by atoms with E-state index in [2.05, 4.69) is 15.3 Å². The molecule has 2 atom stereocenters. The molecule has 3 aliphatic rings. The lowest BCUT2D eigenvalue weighted by Crippen LogP contribution is -2.45. The minimum Gasteiger partial charge on any atom is -0.393 e. The van der Waals surface area contributed by atoms with Crippen molar-refractivity contribution in [3.63, 3.8) is 0 Å². The molecule has 108 valence electrons. The number of piperidine rings is 1. The van der Waals surface area contributed by atoms with Gasteiger partial charge in [0.2, 0.25) is 0 Å². The molecule has 1 aromatic rings. The molecule has 0 radical (unpaired) electrons. The number of nitrogens with zero attached hydrogens (tertiary/aromatic N) is 3. The molecule has 2 aliphatic heterocycles. The summed E-state index contributed by atoms with van der Waals surface area (Å²) in [5.74, 6) is 8.65. The molecule has 4 N–H and O–H groups in total. The maximum absolute atomic E-state index is 9.92. The van der Waals surface area contributed by atoms with Crippen molar-refractivity contribution in [3.8, 4) is 0 Å². The van der Waals surface area contributed by atoms with Crippen LogP contribution in [-0.4, -0.2) is 33.3 Å². The van der Waals surface area contributed by atoms with Gasteiger partial charge in [0, 0.05) is 24.1 Å². The SMILES string of the molecule is NNc1cc(N2C3CCC2CC(O)C3)nc(C2CC2)n1. The highest BCUT2D eigenvalue weighted by Crippen LogP contribution is 2.42. The third-order valence-corrected chi connectivity index (χ3v) is 4.79. The first-order valence-electron chi connectivity index (χ1n) is 7.56. The summed E-state index contributed by atoms with van der Waals surface area (Å²) in [5.41, 5.74) is 2.66. The van der Waals surface area contributed by atoms with Crippen LogP contribution in [-0.2, 0) is 0 Å². The lowest BCUT2D eigenvalue weighted by molar-refractivity contribution is 0.126. The number of rotatable bonds is 3. The molecule has 20 heavy (non-hydrogen) atoms. The van der Waals surface area contributed by atoms with Gasteiger partial charge in [0.1, 0.15) is 17.5 Å². The Hall–Kier alpha value is -1.40. The number of anilines is 2. The first-order valence-corrected chi connectivity index (χ1v) is 7.56. The van der Waals surface area contributed by atoms with Crippen LogP contribution in [0.3, 0.4) is 0 Å². The van der Waals surface area contributed by atoms with Crippen molar-refractivity contribution in [1.29, 1.82) is 0 Å². The van der Waals surface area contributed by atoms with E-state index in [4.69, 9.17) is 10.8 Å². The Balaban J connectivity index is 1.69. The summed E-state index contributed by atoms with van der Waals surface area (Å²) in [6.07, 6.45) is 6.21. The van der Waals surface area contributed by atoms with Crippen LogP contribution in [0.2, 0.25) is 0 Å². The number of hydrogen-bond acceptors (Lipinski definition) is 6. The monoisotopic (exact) mass is 275 g/mol. The predicted octanol–water partition coefficient (Wildman–Crippen LogP) is 1.13. The molecule has 2 unspecified atom stereocenters. The Morgan fingerprint density at radius 2 is 1.85 bits per heavy atom. The van der Waals surface area contributed by atoms with Crippen molar-refractivity contribution < 1.29 is 5.11 Å². The number of hydrazine groups is 1. The van der Waals surface area contributed by atoms with Gasteiger partial charge in [-0.3, -0.25) is 0 Å². The molecule has 3 fully saturated rings. The van der Waals surface area contributed by atoms with Crippen LogP contribution in [0.25, 0.3) is 0 Å². The van der Waals surface area contributed by atoms with E-state index >= 15 is 0 Å². The van der Waals surface area contributed by atoms with Crippen LogP contribution in [0.4, 0.5) is 11.6 Å². The lowest BCUT2D eigenvalue weighted by atomic mass is 10.00. The third-order valence-electron chi connectivity index (χ3n) is 4.79. The highest BCUT2D eigenvalue weighted by molar-refractivity contribution is 5.52. The van der Waals surface area contributed by atoms with Crippen LogP contribution < -0.4 is 16.2 Å². The highest BCUT2D eigenvalue weighted by Gasteiger charge is 2.41. The van der Waals surface area contributed by atoms with Gasteiger partial charge in [0.25, 0.3) is 0 Å². The average molecular weight is 275 g/mol. The maximum atomic E-state index is 9.92. The summed E-state index contributed by atoms with van der Waals surface area (Å²) < 4.78 is 0. The average Bonchev–Trinajstić information content (AvgIpc) is 3.25. The second-order valence-corrected chi connectivity index (χ2v) is 6.31. The van der Waals surface area contributed by atoms with Crippen molar-refractivity contribution in [2.75, 3.05) is 10.3 Å². The van der Waals surface area contributed by atoms with Gasteiger partial charge in [-0.25, -0.2) is 15.8 Å². The molecule has 0 aromatic carbocycles. The minimum atomic E-state index is -0.152. The third kappa shape index (κ3) is 2.03. The number of nitrogens with two attached hydrogens (primary N) is 1. The van der Waals surface area contributed by atoms with Gasteiger partial charge >= 0.3 is 0 Å². The van der Waals surface area contributed by atoms with Gasteiger partial charge in [-0.1, -0.05) is 0 Å². The normalized spacial score (nSPS) is 32.5. The Labute approximate surface area is 118 Å². The minimum absolute atomic E-state index is 0.152. The van der Waals surface area contributed by atoms with Crippen LogP contribution in [0, 0.1) is 0 Å². The van der Waals surface area contributed by atoms with E-state index in [1.807, 2.05) is 6.07 Å². The standard InChI is InChI=1S/C14H21N5O/c15-18-12-7-13(17-14(16-12)8-1-2-8)19-9-3-4-10(19)6-11(20)5-9/h7-11,20H,1-6,15H2,(H,16,17,18). The molecular formula is C14H21N5O. The fourth-order valence-corrected chi connectivity index (χ4v) is 3.71. The zero-order chi connectivity index (χ0) is 13.7. The van der Waals surface area contributed by atoms with Gasteiger partial charge in [-0.2, -0.15) is 0 Å². The summed E-state index contributed by atoms with van der Waals surface area (Å²) in [6.45, 7) is 0. The van der Waals surface area contributed by atoms with E-state index in [1.54, 1.807) is 0 Å². The van der Waals surface area contributed by atoms with Crippen molar-refractivity contribution in [3.05, 3.63) is 11.9 Å². The smallest absolute Gasteiger partial charge is 0.145 e. The molecule has 6 heteroatoms. The number of fused-ring (bicyclic) bond motifs is 2. The zero-order valence-electron chi connectivity index (χ0n) is 11.5. The Bertz CT molecular complexity index is 504. The maximum Gasteiger partial charge on any atom is 0.145 e. The lowest BCUT2D eigenvalue weighted by Gasteiger charge is -2.38. The van der Waals surface area contributed by atoms with Crippen LogP contribution in [0.15, 0.2) is 6.07 Å². The van der Waals surface area contributed by atoms with E-state index in [0.717, 1.165) is 37.3 Å². The van der Waals surface area contributed by atoms with Crippen molar-refractivity contribution in [1.82, 2.24) is 9.97 Å². The largest absolute Gasteiger partial charge is 0.393 e. The summed E-state index contributed by atoms with van der Waals surface area (Å²) in [6, 6.07) is 2.77. The van der Waals surface area contributed by atoms with E-state index in [0.29, 0.717) is 23.8 Å². The first-order chi connectivity index (χ1) is 9.74. The van der Waals surface area contributed by atoms with Crippen molar-refractivity contribution in [2.24, 2.45) is 5.84 Å². The molecule has 0 spiro atoms. The molecule has 1 aromatic heterocycles. The van der Waals surface area contributed by atoms with Gasteiger partial charge in [-0.15, -0.1) is 0 Å². The van der Waals surface area contributed by atoms with E-state index in [1.165, 1.54) is 12.8 Å². The van der Waals surface area contributed by atoms with Crippen molar-refractivity contribution >= 4 is 11.6 Å². The number of aromatic nitrogens is 2. The summed E-state index contributed by atoms with van der Waals surface area (Å²) in [5, 5.41) is 9.92. The van der Waals surface area contributed by atoms with Crippen LogP contribution >= 0.6 is 0 Å². The number of hydrogen-bond donors (Lipinski definition) is 3. The van der Waals surface area contributed by atoms with E-state index < -0.39 is 0 Å². The summed E-state index contributed by atoms with van der Waals surface area (Å²) in [7, 11) is 0. The predicted molar refractivity (Wildman–Crippen MR) is 76.3 cm³/mol. The van der Waals surface area contributed by atoms with E-state index in [-0.39, 0.29) is 6.10 Å². The Morgan fingerprint density at radius 1 is 1.15 bits per heavy atom. The number of aliphatic hydroxyl groups excluding tert-OH is 1. The quantitative estimate of drug-likeness (QED) is 0.566. The number of nitrogens with one attached hydrogen (secondary N) is 1. The van der Waals surface area contributed by atoms with Gasteiger partial charge in [0.15, 0.2) is 0 Å². The van der Waals surface area contributed by atoms with Crippen molar-refractivity contribution in [2.45, 2.75) is 62.6 Å². The van der Waals surface area contributed by atoms with Crippen LogP contribution in [0.5, 0.6) is 0 Å². The fourth-order valence-electron chi connectivity index (χ4n) is 3.71. The molecule has 3 heterocycles.